The third-order valence-electron chi connectivity index (χ3n) is 2.32. The first-order valence-corrected chi connectivity index (χ1v) is 4.18. The first kappa shape index (κ1) is 8.31. The second kappa shape index (κ2) is 3.56. The Morgan fingerprint density at radius 3 is 2.91 bits per heavy atom. The maximum atomic E-state index is 7.17. The first-order chi connectivity index (χ1) is 5.27. The molecule has 11 heavy (non-hydrogen) atoms. The van der Waals surface area contributed by atoms with Gasteiger partial charge in [0.2, 0.25) is 0 Å². The lowest BCUT2D eigenvalue weighted by atomic mass is 9.89. The van der Waals surface area contributed by atoms with Crippen molar-refractivity contribution in [1.29, 1.82) is 5.41 Å². The molecular formula is C9H16N2. The lowest BCUT2D eigenvalue weighted by Gasteiger charge is -2.22. The molecule has 1 unspecified atom stereocenters. The molecule has 0 aromatic rings. The van der Waals surface area contributed by atoms with Gasteiger partial charge in [0.05, 0.1) is 0 Å². The van der Waals surface area contributed by atoms with Crippen molar-refractivity contribution in [3.63, 3.8) is 0 Å². The Morgan fingerprint density at radius 2 is 2.36 bits per heavy atom. The predicted molar refractivity (Wildman–Crippen MR) is 47.9 cm³/mol. The summed E-state index contributed by atoms with van der Waals surface area (Å²) in [6, 6.07) is 0. The largest absolute Gasteiger partial charge is 0.391 e. The van der Waals surface area contributed by atoms with Gasteiger partial charge in [-0.1, -0.05) is 6.92 Å². The van der Waals surface area contributed by atoms with Crippen LogP contribution in [0.15, 0.2) is 11.3 Å². The van der Waals surface area contributed by atoms with Crippen molar-refractivity contribution >= 4 is 6.21 Å². The van der Waals surface area contributed by atoms with Gasteiger partial charge < -0.3 is 10.7 Å². The SMILES string of the molecule is CNC1=C(C=N)CCC(C)C1. The standard InChI is InChI=1S/C9H16N2/c1-7-3-4-8(6-10)9(5-7)11-2/h6-7,10-11H,3-5H2,1-2H3. The maximum Gasteiger partial charge on any atom is 0.0227 e. The molecule has 0 amide bonds. The van der Waals surface area contributed by atoms with E-state index in [0.29, 0.717) is 0 Å². The normalized spacial score (nSPS) is 25.1. The summed E-state index contributed by atoms with van der Waals surface area (Å²) in [6.07, 6.45) is 4.90. The number of allylic oxidation sites excluding steroid dienone is 2. The Hall–Kier alpha value is -0.790. The average molecular weight is 152 g/mol. The lowest BCUT2D eigenvalue weighted by molar-refractivity contribution is 0.488. The van der Waals surface area contributed by atoms with E-state index in [1.807, 2.05) is 7.05 Å². The van der Waals surface area contributed by atoms with Crippen LogP contribution in [0.2, 0.25) is 0 Å². The molecule has 62 valence electrons. The molecule has 2 N–H and O–H groups in total. The minimum atomic E-state index is 0.779. The molecule has 2 heteroatoms. The van der Waals surface area contributed by atoms with E-state index in [0.717, 1.165) is 18.8 Å². The smallest absolute Gasteiger partial charge is 0.0227 e. The van der Waals surface area contributed by atoms with E-state index >= 15 is 0 Å². The molecule has 0 aliphatic heterocycles. The summed E-state index contributed by atoms with van der Waals surface area (Å²) in [4.78, 5) is 0. The fourth-order valence-corrected chi connectivity index (χ4v) is 1.56. The Labute approximate surface area is 68.2 Å². The molecule has 0 aromatic heterocycles. The fourth-order valence-electron chi connectivity index (χ4n) is 1.56. The van der Waals surface area contributed by atoms with Gasteiger partial charge in [-0.25, -0.2) is 0 Å². The summed E-state index contributed by atoms with van der Waals surface area (Å²) in [5, 5.41) is 10.3. The third-order valence-corrected chi connectivity index (χ3v) is 2.32. The molecule has 0 spiro atoms. The highest BCUT2D eigenvalue weighted by Gasteiger charge is 2.14. The van der Waals surface area contributed by atoms with E-state index in [4.69, 9.17) is 5.41 Å². The van der Waals surface area contributed by atoms with Crippen molar-refractivity contribution in [3.8, 4) is 0 Å². The van der Waals surface area contributed by atoms with E-state index < -0.39 is 0 Å². The van der Waals surface area contributed by atoms with E-state index in [1.165, 1.54) is 23.9 Å². The van der Waals surface area contributed by atoms with Crippen LogP contribution in [0.4, 0.5) is 0 Å². The molecular weight excluding hydrogens is 136 g/mol. The number of nitrogens with one attached hydrogen (secondary N) is 2. The van der Waals surface area contributed by atoms with Gasteiger partial charge in [-0.2, -0.15) is 0 Å². The predicted octanol–water partition coefficient (Wildman–Crippen LogP) is 1.93. The van der Waals surface area contributed by atoms with Gasteiger partial charge in [-0.05, 0) is 30.8 Å². The molecule has 0 heterocycles. The molecule has 0 radical (unpaired) electrons. The van der Waals surface area contributed by atoms with Crippen molar-refractivity contribution in [1.82, 2.24) is 5.32 Å². The number of hydrogen-bond acceptors (Lipinski definition) is 2. The van der Waals surface area contributed by atoms with Crippen LogP contribution in [-0.4, -0.2) is 13.3 Å². The number of rotatable bonds is 2. The summed E-state index contributed by atoms with van der Waals surface area (Å²) in [5.74, 6) is 0.779. The second-order valence-electron chi connectivity index (χ2n) is 3.25. The molecule has 1 atom stereocenters. The molecule has 0 bridgehead atoms. The minimum Gasteiger partial charge on any atom is -0.391 e. The summed E-state index contributed by atoms with van der Waals surface area (Å²) < 4.78 is 0. The van der Waals surface area contributed by atoms with Crippen molar-refractivity contribution in [2.45, 2.75) is 26.2 Å². The van der Waals surface area contributed by atoms with Gasteiger partial charge in [-0.15, -0.1) is 0 Å². The zero-order chi connectivity index (χ0) is 8.27. The Bertz CT molecular complexity index is 182. The molecule has 2 nitrogen and oxygen atoms in total. The summed E-state index contributed by atoms with van der Waals surface area (Å²) in [5.41, 5.74) is 2.45. The molecule has 0 saturated heterocycles. The zero-order valence-corrected chi connectivity index (χ0v) is 7.28. The van der Waals surface area contributed by atoms with Crippen LogP contribution in [0.25, 0.3) is 0 Å². The van der Waals surface area contributed by atoms with E-state index in [9.17, 15) is 0 Å². The topological polar surface area (TPSA) is 35.9 Å². The average Bonchev–Trinajstić information content (AvgIpc) is 2.04. The Kier molecular flexibility index (Phi) is 2.69. The maximum absolute atomic E-state index is 7.17. The first-order valence-electron chi connectivity index (χ1n) is 4.18. The summed E-state index contributed by atoms with van der Waals surface area (Å²) in [7, 11) is 1.94. The van der Waals surface area contributed by atoms with Crippen LogP contribution in [-0.2, 0) is 0 Å². The van der Waals surface area contributed by atoms with Crippen molar-refractivity contribution in [2.75, 3.05) is 7.05 Å². The van der Waals surface area contributed by atoms with Crippen molar-refractivity contribution in [2.24, 2.45) is 5.92 Å². The summed E-state index contributed by atoms with van der Waals surface area (Å²) in [6.45, 7) is 2.26. The highest BCUT2D eigenvalue weighted by atomic mass is 14.8. The molecule has 1 aliphatic carbocycles. The Balaban J connectivity index is 2.74. The van der Waals surface area contributed by atoms with Crippen molar-refractivity contribution in [3.05, 3.63) is 11.3 Å². The zero-order valence-electron chi connectivity index (χ0n) is 7.28. The van der Waals surface area contributed by atoms with E-state index in [-0.39, 0.29) is 0 Å². The monoisotopic (exact) mass is 152 g/mol. The molecule has 0 saturated carbocycles. The quantitative estimate of drug-likeness (QED) is 0.583. The van der Waals surface area contributed by atoms with Gasteiger partial charge in [-0.3, -0.25) is 0 Å². The van der Waals surface area contributed by atoms with Crippen LogP contribution in [0, 0.1) is 11.3 Å². The highest BCUT2D eigenvalue weighted by Crippen LogP contribution is 2.25. The fraction of sp³-hybridized carbons (Fsp3) is 0.667. The van der Waals surface area contributed by atoms with Gasteiger partial charge in [0.15, 0.2) is 0 Å². The van der Waals surface area contributed by atoms with Gasteiger partial charge in [0.25, 0.3) is 0 Å². The number of hydrogen-bond donors (Lipinski definition) is 2. The molecule has 0 fully saturated rings. The van der Waals surface area contributed by atoms with Crippen LogP contribution >= 0.6 is 0 Å². The second-order valence-corrected chi connectivity index (χ2v) is 3.25. The molecule has 0 aromatic carbocycles. The lowest BCUT2D eigenvalue weighted by Crippen LogP contribution is -2.17. The van der Waals surface area contributed by atoms with Crippen LogP contribution in [0.3, 0.4) is 0 Å². The van der Waals surface area contributed by atoms with Crippen molar-refractivity contribution < 1.29 is 0 Å². The van der Waals surface area contributed by atoms with Gasteiger partial charge >= 0.3 is 0 Å². The molecule has 1 aliphatic rings. The van der Waals surface area contributed by atoms with Gasteiger partial charge in [0, 0.05) is 19.0 Å². The summed E-state index contributed by atoms with van der Waals surface area (Å²) >= 11 is 0. The third kappa shape index (κ3) is 1.82. The van der Waals surface area contributed by atoms with Crippen LogP contribution in [0.1, 0.15) is 26.2 Å². The highest BCUT2D eigenvalue weighted by molar-refractivity contribution is 5.77. The Morgan fingerprint density at radius 1 is 1.64 bits per heavy atom. The van der Waals surface area contributed by atoms with E-state index in [1.54, 1.807) is 0 Å². The molecule has 1 rings (SSSR count). The van der Waals surface area contributed by atoms with Crippen LogP contribution in [0.5, 0.6) is 0 Å². The van der Waals surface area contributed by atoms with Gasteiger partial charge in [0.1, 0.15) is 0 Å². The van der Waals surface area contributed by atoms with E-state index in [2.05, 4.69) is 12.2 Å². The van der Waals surface area contributed by atoms with Crippen LogP contribution < -0.4 is 5.32 Å². The minimum absolute atomic E-state index is 0.779.